The van der Waals surface area contributed by atoms with Crippen LogP contribution in [0.5, 0.6) is 11.5 Å². The fourth-order valence-corrected chi connectivity index (χ4v) is 3.87. The van der Waals surface area contributed by atoms with Gasteiger partial charge in [0.05, 0.1) is 25.5 Å². The summed E-state index contributed by atoms with van der Waals surface area (Å²) >= 11 is 1.62. The lowest BCUT2D eigenvalue weighted by atomic mass is 10.1. The van der Waals surface area contributed by atoms with Gasteiger partial charge in [0.2, 0.25) is 0 Å². The van der Waals surface area contributed by atoms with Crippen molar-refractivity contribution in [3.63, 3.8) is 0 Å². The molecule has 2 aromatic carbocycles. The van der Waals surface area contributed by atoms with E-state index in [9.17, 15) is 4.79 Å². The van der Waals surface area contributed by atoms with Crippen LogP contribution in [0.2, 0.25) is 0 Å². The smallest absolute Gasteiger partial charge is 0.259 e. The molecule has 0 unspecified atom stereocenters. The van der Waals surface area contributed by atoms with E-state index >= 15 is 0 Å². The number of hydrogen-bond donors (Lipinski definition) is 1. The normalized spacial score (nSPS) is 10.8. The van der Waals surface area contributed by atoms with E-state index in [1.807, 2.05) is 30.5 Å². The predicted molar refractivity (Wildman–Crippen MR) is 111 cm³/mol. The van der Waals surface area contributed by atoms with Gasteiger partial charge in [-0.25, -0.2) is 4.98 Å². The molecular formula is C21H19N3O3S. The van der Waals surface area contributed by atoms with Gasteiger partial charge in [-0.2, -0.15) is 0 Å². The molecule has 0 atom stereocenters. The van der Waals surface area contributed by atoms with E-state index in [1.165, 1.54) is 7.11 Å². The molecule has 2 heterocycles. The number of aromatic nitrogens is 2. The van der Waals surface area contributed by atoms with Crippen molar-refractivity contribution in [3.8, 4) is 22.8 Å². The minimum atomic E-state index is -0.262. The zero-order valence-corrected chi connectivity index (χ0v) is 16.5. The number of nitrogens with one attached hydrogen (secondary N) is 1. The van der Waals surface area contributed by atoms with Crippen molar-refractivity contribution in [2.45, 2.75) is 6.92 Å². The van der Waals surface area contributed by atoms with Crippen molar-refractivity contribution >= 4 is 27.9 Å². The first kappa shape index (κ1) is 18.1. The van der Waals surface area contributed by atoms with Crippen LogP contribution in [0.4, 0.5) is 5.69 Å². The summed E-state index contributed by atoms with van der Waals surface area (Å²) in [5.41, 5.74) is 4.16. The Morgan fingerprint density at radius 3 is 2.57 bits per heavy atom. The molecule has 0 bridgehead atoms. The Kier molecular flexibility index (Phi) is 4.75. The lowest BCUT2D eigenvalue weighted by Gasteiger charge is -2.12. The number of methoxy groups -OCH3 is 2. The van der Waals surface area contributed by atoms with E-state index in [4.69, 9.17) is 9.47 Å². The summed E-state index contributed by atoms with van der Waals surface area (Å²) in [6.45, 7) is 2.06. The summed E-state index contributed by atoms with van der Waals surface area (Å²) in [5, 5.41) is 4.98. The Bertz CT molecular complexity index is 1150. The second-order valence-corrected chi connectivity index (χ2v) is 7.06. The van der Waals surface area contributed by atoms with Gasteiger partial charge in [-0.1, -0.05) is 18.2 Å². The maximum atomic E-state index is 12.7. The van der Waals surface area contributed by atoms with Crippen LogP contribution in [0.3, 0.4) is 0 Å². The van der Waals surface area contributed by atoms with Gasteiger partial charge < -0.3 is 14.8 Å². The largest absolute Gasteiger partial charge is 0.493 e. The van der Waals surface area contributed by atoms with Gasteiger partial charge in [-0.3, -0.25) is 9.20 Å². The van der Waals surface area contributed by atoms with Crippen LogP contribution in [-0.4, -0.2) is 29.5 Å². The van der Waals surface area contributed by atoms with Crippen molar-refractivity contribution < 1.29 is 14.3 Å². The number of aryl methyl sites for hydroxylation is 1. The molecule has 1 N–H and O–H groups in total. The maximum Gasteiger partial charge on any atom is 0.259 e. The van der Waals surface area contributed by atoms with Crippen molar-refractivity contribution in [2.24, 2.45) is 0 Å². The minimum Gasteiger partial charge on any atom is -0.493 e. The van der Waals surface area contributed by atoms with Gasteiger partial charge >= 0.3 is 0 Å². The van der Waals surface area contributed by atoms with Gasteiger partial charge in [0.1, 0.15) is 0 Å². The average molecular weight is 393 g/mol. The van der Waals surface area contributed by atoms with Crippen molar-refractivity contribution in [3.05, 3.63) is 65.3 Å². The first-order valence-corrected chi connectivity index (χ1v) is 9.54. The number of hydrogen-bond acceptors (Lipinski definition) is 5. The molecule has 0 spiro atoms. The Morgan fingerprint density at radius 2 is 1.89 bits per heavy atom. The molecule has 7 heteroatoms. The van der Waals surface area contributed by atoms with Crippen molar-refractivity contribution in [1.29, 1.82) is 0 Å². The number of rotatable bonds is 5. The zero-order valence-electron chi connectivity index (χ0n) is 15.7. The molecule has 2 aromatic heterocycles. The van der Waals surface area contributed by atoms with E-state index in [1.54, 1.807) is 36.6 Å². The number of amides is 1. The molecule has 142 valence electrons. The molecule has 0 saturated carbocycles. The molecule has 0 saturated heterocycles. The number of carbonyl (C=O) groups excluding carboxylic acids is 1. The predicted octanol–water partition coefficient (Wildman–Crippen LogP) is 4.64. The summed E-state index contributed by atoms with van der Waals surface area (Å²) in [5.74, 6) is 0.662. The van der Waals surface area contributed by atoms with Crippen LogP contribution in [0.1, 0.15) is 16.1 Å². The van der Waals surface area contributed by atoms with E-state index in [2.05, 4.69) is 27.0 Å². The molecule has 0 aliphatic heterocycles. The minimum absolute atomic E-state index is 0.262. The second-order valence-electron chi connectivity index (χ2n) is 6.23. The number of thiazole rings is 1. The summed E-state index contributed by atoms with van der Waals surface area (Å²) in [6.07, 6.45) is 2.02. The molecule has 1 amide bonds. The topological polar surface area (TPSA) is 64.9 Å². The third-order valence-electron chi connectivity index (χ3n) is 4.47. The van der Waals surface area contributed by atoms with E-state index in [0.717, 1.165) is 21.9 Å². The average Bonchev–Trinajstić information content (AvgIpc) is 3.30. The number of nitrogens with zero attached hydrogens (tertiary/aromatic N) is 2. The van der Waals surface area contributed by atoms with Gasteiger partial charge in [0.25, 0.3) is 5.91 Å². The molecule has 4 rings (SSSR count). The summed E-state index contributed by atoms with van der Waals surface area (Å²) in [4.78, 5) is 18.3. The van der Waals surface area contributed by atoms with Crippen LogP contribution in [-0.2, 0) is 0 Å². The SMILES string of the molecule is COc1cccc(C(=O)Nc2ccc(-c3cn4c(C)csc4n3)cc2)c1OC. The van der Waals surface area contributed by atoms with Gasteiger partial charge in [-0.15, -0.1) is 11.3 Å². The fraction of sp³-hybridized carbons (Fsp3) is 0.143. The van der Waals surface area contributed by atoms with Crippen LogP contribution in [0, 0.1) is 6.92 Å². The number of ether oxygens (including phenoxy) is 2. The molecule has 28 heavy (non-hydrogen) atoms. The highest BCUT2D eigenvalue weighted by Crippen LogP contribution is 2.31. The molecule has 4 aromatic rings. The molecule has 0 aliphatic carbocycles. The number of para-hydroxylation sites is 1. The third-order valence-corrected chi connectivity index (χ3v) is 5.43. The molecular weight excluding hydrogens is 374 g/mol. The summed E-state index contributed by atoms with van der Waals surface area (Å²) in [7, 11) is 3.06. The number of anilines is 1. The first-order chi connectivity index (χ1) is 13.6. The van der Waals surface area contributed by atoms with Gasteiger partial charge in [0.15, 0.2) is 16.5 Å². The maximum absolute atomic E-state index is 12.7. The first-order valence-electron chi connectivity index (χ1n) is 8.66. The van der Waals surface area contributed by atoms with E-state index < -0.39 is 0 Å². The monoisotopic (exact) mass is 393 g/mol. The van der Waals surface area contributed by atoms with Crippen LogP contribution >= 0.6 is 11.3 Å². The zero-order chi connectivity index (χ0) is 19.7. The van der Waals surface area contributed by atoms with E-state index in [-0.39, 0.29) is 5.91 Å². The third kappa shape index (κ3) is 3.20. The number of carbonyl (C=O) groups is 1. The van der Waals surface area contributed by atoms with Crippen molar-refractivity contribution in [1.82, 2.24) is 9.38 Å². The Labute approximate surface area is 166 Å². The fourth-order valence-electron chi connectivity index (χ4n) is 3.02. The summed E-state index contributed by atoms with van der Waals surface area (Å²) < 4.78 is 12.7. The highest BCUT2D eigenvalue weighted by molar-refractivity contribution is 7.15. The molecule has 0 aliphatic rings. The molecule has 6 nitrogen and oxygen atoms in total. The molecule has 0 radical (unpaired) electrons. The highest BCUT2D eigenvalue weighted by Gasteiger charge is 2.16. The number of benzene rings is 2. The lowest BCUT2D eigenvalue weighted by Crippen LogP contribution is -2.13. The quantitative estimate of drug-likeness (QED) is 0.536. The Morgan fingerprint density at radius 1 is 1.11 bits per heavy atom. The van der Waals surface area contributed by atoms with Crippen LogP contribution < -0.4 is 14.8 Å². The van der Waals surface area contributed by atoms with E-state index in [0.29, 0.717) is 22.7 Å². The summed E-state index contributed by atoms with van der Waals surface area (Å²) in [6, 6.07) is 12.8. The second kappa shape index (κ2) is 7.36. The van der Waals surface area contributed by atoms with Crippen molar-refractivity contribution in [2.75, 3.05) is 19.5 Å². The Balaban J connectivity index is 1.55. The van der Waals surface area contributed by atoms with Crippen LogP contribution in [0.15, 0.2) is 54.0 Å². The van der Waals surface area contributed by atoms with Crippen LogP contribution in [0.25, 0.3) is 16.2 Å². The van der Waals surface area contributed by atoms with Gasteiger partial charge in [0, 0.05) is 28.5 Å². The number of imidazole rings is 1. The number of fused-ring (bicyclic) bond motifs is 1. The molecule has 0 fully saturated rings. The highest BCUT2D eigenvalue weighted by atomic mass is 32.1. The Hall–Kier alpha value is -3.32. The standard InChI is InChI=1S/C21H19N3O3S/c1-13-12-28-21-23-17(11-24(13)21)14-7-9-15(10-8-14)22-20(25)16-5-4-6-18(26-2)19(16)27-3/h4-12H,1-3H3,(H,22,25). The lowest BCUT2D eigenvalue weighted by molar-refractivity contribution is 0.102. The van der Waals surface area contributed by atoms with Gasteiger partial charge in [-0.05, 0) is 31.2 Å².